The summed E-state index contributed by atoms with van der Waals surface area (Å²) in [6.07, 6.45) is 0. The number of rotatable bonds is 8. The van der Waals surface area contributed by atoms with Crippen LogP contribution >= 0.6 is 0 Å². The molecule has 0 aliphatic heterocycles. The highest BCUT2D eigenvalue weighted by atomic mass is 16.3. The summed E-state index contributed by atoms with van der Waals surface area (Å²) < 4.78 is 6.17. The van der Waals surface area contributed by atoms with Crippen molar-refractivity contribution in [3.63, 3.8) is 0 Å². The standard InChI is InChI=1S/C48H34N2O/c1-2-15-39(16-3-1)49-46-22-8-5-19-42(46)38-14-10-12-35(30-38)33-24-26-34(27-25-33)41-18-4-7-21-45(41)50-40-17-11-13-36(31-40)37-28-29-44-43-20-6-9-23-47(43)51-48(44)32-37/h1-32,49-50H. The van der Waals surface area contributed by atoms with E-state index in [0.29, 0.717) is 0 Å². The molecule has 0 radical (unpaired) electrons. The molecule has 242 valence electrons. The Morgan fingerprint density at radius 3 is 1.63 bits per heavy atom. The molecule has 0 atom stereocenters. The molecular weight excluding hydrogens is 621 g/mol. The number of hydrogen-bond donors (Lipinski definition) is 2. The molecule has 0 spiro atoms. The number of hydrogen-bond acceptors (Lipinski definition) is 3. The van der Waals surface area contributed by atoms with Crippen LogP contribution in [0.3, 0.4) is 0 Å². The van der Waals surface area contributed by atoms with Crippen LogP contribution in [0.2, 0.25) is 0 Å². The Labute approximate surface area is 297 Å². The molecule has 1 aromatic heterocycles. The van der Waals surface area contributed by atoms with Crippen molar-refractivity contribution in [3.8, 4) is 44.5 Å². The lowest BCUT2D eigenvalue weighted by Gasteiger charge is -2.15. The molecule has 0 aliphatic rings. The molecule has 0 saturated carbocycles. The minimum Gasteiger partial charge on any atom is -0.456 e. The highest BCUT2D eigenvalue weighted by molar-refractivity contribution is 6.06. The molecule has 8 aromatic carbocycles. The zero-order chi connectivity index (χ0) is 34.0. The first-order valence-electron chi connectivity index (χ1n) is 17.3. The lowest BCUT2D eigenvalue weighted by molar-refractivity contribution is 0.669. The summed E-state index contributed by atoms with van der Waals surface area (Å²) >= 11 is 0. The first kappa shape index (κ1) is 30.2. The summed E-state index contributed by atoms with van der Waals surface area (Å²) in [5.74, 6) is 0. The van der Waals surface area contributed by atoms with Crippen LogP contribution in [0.15, 0.2) is 199 Å². The van der Waals surface area contributed by atoms with E-state index >= 15 is 0 Å². The number of furan rings is 1. The molecule has 3 heteroatoms. The van der Waals surface area contributed by atoms with Gasteiger partial charge in [0.2, 0.25) is 0 Å². The second kappa shape index (κ2) is 13.2. The van der Waals surface area contributed by atoms with Crippen molar-refractivity contribution in [1.82, 2.24) is 0 Å². The van der Waals surface area contributed by atoms with Gasteiger partial charge in [0.15, 0.2) is 0 Å². The smallest absolute Gasteiger partial charge is 0.136 e. The Morgan fingerprint density at radius 1 is 0.294 bits per heavy atom. The fourth-order valence-electron chi connectivity index (χ4n) is 6.91. The van der Waals surface area contributed by atoms with Crippen molar-refractivity contribution in [2.45, 2.75) is 0 Å². The Kier molecular flexibility index (Phi) is 7.84. The maximum atomic E-state index is 6.17. The predicted octanol–water partition coefficient (Wildman–Crippen LogP) is 13.7. The van der Waals surface area contributed by atoms with E-state index in [1.807, 2.05) is 30.3 Å². The molecule has 2 N–H and O–H groups in total. The summed E-state index contributed by atoms with van der Waals surface area (Å²) in [5, 5.41) is 9.58. The predicted molar refractivity (Wildman–Crippen MR) is 215 cm³/mol. The SMILES string of the molecule is c1ccc(Nc2ccccc2-c2cccc(-c3ccc(-c4ccccc4Nc4cccc(-c5ccc6c(c5)oc5ccccc56)c4)cc3)c2)cc1. The third-order valence-corrected chi connectivity index (χ3v) is 9.46. The van der Waals surface area contributed by atoms with Gasteiger partial charge in [0.05, 0.1) is 0 Å². The van der Waals surface area contributed by atoms with E-state index in [9.17, 15) is 0 Å². The summed E-state index contributed by atoms with van der Waals surface area (Å²) in [6.45, 7) is 0. The zero-order valence-corrected chi connectivity index (χ0v) is 27.9. The first-order valence-corrected chi connectivity index (χ1v) is 17.3. The van der Waals surface area contributed by atoms with Crippen molar-refractivity contribution >= 4 is 44.7 Å². The van der Waals surface area contributed by atoms with Gasteiger partial charge < -0.3 is 15.1 Å². The average Bonchev–Trinajstić information content (AvgIpc) is 3.57. The van der Waals surface area contributed by atoms with Gasteiger partial charge in [-0.1, -0.05) is 133 Å². The van der Waals surface area contributed by atoms with Gasteiger partial charge in [0, 0.05) is 44.6 Å². The van der Waals surface area contributed by atoms with Gasteiger partial charge >= 0.3 is 0 Å². The Bertz CT molecular complexity index is 2640. The molecule has 9 rings (SSSR count). The molecule has 3 nitrogen and oxygen atoms in total. The molecule has 9 aromatic rings. The molecular formula is C48H34N2O. The van der Waals surface area contributed by atoms with Crippen molar-refractivity contribution in [2.75, 3.05) is 10.6 Å². The van der Waals surface area contributed by atoms with Crippen molar-refractivity contribution in [1.29, 1.82) is 0 Å². The van der Waals surface area contributed by atoms with Crippen molar-refractivity contribution in [3.05, 3.63) is 194 Å². The van der Waals surface area contributed by atoms with E-state index in [0.717, 1.165) is 66.9 Å². The van der Waals surface area contributed by atoms with Gasteiger partial charge in [-0.3, -0.25) is 0 Å². The highest BCUT2D eigenvalue weighted by Crippen LogP contribution is 2.37. The number of nitrogens with one attached hydrogen (secondary N) is 2. The molecule has 0 fully saturated rings. The summed E-state index contributed by atoms with van der Waals surface area (Å²) in [6, 6.07) is 68.1. The first-order chi connectivity index (χ1) is 25.2. The molecule has 0 unspecified atom stereocenters. The number of anilines is 4. The topological polar surface area (TPSA) is 37.2 Å². The summed E-state index contributed by atoms with van der Waals surface area (Å²) in [7, 11) is 0. The van der Waals surface area contributed by atoms with Gasteiger partial charge in [0.1, 0.15) is 11.2 Å². The van der Waals surface area contributed by atoms with Gasteiger partial charge in [-0.05, 0) is 94.0 Å². The van der Waals surface area contributed by atoms with E-state index in [1.54, 1.807) is 0 Å². The van der Waals surface area contributed by atoms with Crippen LogP contribution in [0.5, 0.6) is 0 Å². The van der Waals surface area contributed by atoms with E-state index < -0.39 is 0 Å². The third kappa shape index (κ3) is 6.14. The minimum absolute atomic E-state index is 0.900. The van der Waals surface area contributed by atoms with E-state index in [-0.39, 0.29) is 0 Å². The lowest BCUT2D eigenvalue weighted by Crippen LogP contribution is -1.94. The molecule has 0 saturated heterocycles. The van der Waals surface area contributed by atoms with Crippen LogP contribution in [0.1, 0.15) is 0 Å². The maximum absolute atomic E-state index is 6.17. The molecule has 0 aliphatic carbocycles. The Morgan fingerprint density at radius 2 is 0.824 bits per heavy atom. The highest BCUT2D eigenvalue weighted by Gasteiger charge is 2.11. The largest absolute Gasteiger partial charge is 0.456 e. The third-order valence-electron chi connectivity index (χ3n) is 9.46. The second-order valence-electron chi connectivity index (χ2n) is 12.8. The fraction of sp³-hybridized carbons (Fsp3) is 0. The van der Waals surface area contributed by atoms with E-state index in [4.69, 9.17) is 4.42 Å². The Hall–Kier alpha value is -6.84. The number of fused-ring (bicyclic) bond motifs is 3. The second-order valence-corrected chi connectivity index (χ2v) is 12.8. The zero-order valence-electron chi connectivity index (χ0n) is 27.9. The van der Waals surface area contributed by atoms with Crippen LogP contribution < -0.4 is 10.6 Å². The normalized spacial score (nSPS) is 11.1. The van der Waals surface area contributed by atoms with Gasteiger partial charge in [-0.15, -0.1) is 0 Å². The van der Waals surface area contributed by atoms with Crippen LogP contribution in [-0.4, -0.2) is 0 Å². The van der Waals surface area contributed by atoms with Crippen molar-refractivity contribution in [2.24, 2.45) is 0 Å². The molecule has 0 bridgehead atoms. The minimum atomic E-state index is 0.900. The van der Waals surface area contributed by atoms with Crippen LogP contribution in [-0.2, 0) is 0 Å². The number of benzene rings is 8. The van der Waals surface area contributed by atoms with Crippen LogP contribution in [0.25, 0.3) is 66.4 Å². The quantitative estimate of drug-likeness (QED) is 0.171. The van der Waals surface area contributed by atoms with Crippen molar-refractivity contribution < 1.29 is 4.42 Å². The van der Waals surface area contributed by atoms with E-state index in [2.05, 4.69) is 174 Å². The lowest BCUT2D eigenvalue weighted by atomic mass is 9.96. The van der Waals surface area contributed by atoms with Gasteiger partial charge in [-0.25, -0.2) is 0 Å². The van der Waals surface area contributed by atoms with Gasteiger partial charge in [-0.2, -0.15) is 0 Å². The van der Waals surface area contributed by atoms with Crippen LogP contribution in [0.4, 0.5) is 22.7 Å². The maximum Gasteiger partial charge on any atom is 0.136 e. The van der Waals surface area contributed by atoms with E-state index in [1.165, 1.54) is 22.3 Å². The van der Waals surface area contributed by atoms with Crippen LogP contribution in [0, 0.1) is 0 Å². The molecule has 1 heterocycles. The molecule has 51 heavy (non-hydrogen) atoms. The summed E-state index contributed by atoms with van der Waals surface area (Å²) in [5.41, 5.74) is 15.3. The summed E-state index contributed by atoms with van der Waals surface area (Å²) in [4.78, 5) is 0. The Balaban J connectivity index is 0.968. The average molecular weight is 655 g/mol. The fourth-order valence-corrected chi connectivity index (χ4v) is 6.91. The number of para-hydroxylation sites is 4. The molecule has 0 amide bonds. The monoisotopic (exact) mass is 654 g/mol. The van der Waals surface area contributed by atoms with Gasteiger partial charge in [0.25, 0.3) is 0 Å².